The van der Waals surface area contributed by atoms with Crippen molar-refractivity contribution < 1.29 is 4.79 Å². The SMILES string of the molecule is Cc1cccc(Cl)c1NC(=O)Nc1ccc(Cl)cc1Cl. The van der Waals surface area contributed by atoms with Crippen LogP contribution in [0, 0.1) is 6.92 Å². The Kier molecular flexibility index (Phi) is 4.76. The molecule has 104 valence electrons. The fourth-order valence-electron chi connectivity index (χ4n) is 1.65. The second kappa shape index (κ2) is 6.35. The van der Waals surface area contributed by atoms with Crippen LogP contribution in [-0.4, -0.2) is 6.03 Å². The molecule has 0 radical (unpaired) electrons. The van der Waals surface area contributed by atoms with Crippen molar-refractivity contribution in [2.75, 3.05) is 10.6 Å². The predicted molar refractivity (Wildman–Crippen MR) is 85.3 cm³/mol. The van der Waals surface area contributed by atoms with Crippen molar-refractivity contribution in [2.24, 2.45) is 0 Å². The maximum Gasteiger partial charge on any atom is 0.323 e. The van der Waals surface area contributed by atoms with Gasteiger partial charge in [0.25, 0.3) is 0 Å². The van der Waals surface area contributed by atoms with Crippen LogP contribution in [0.3, 0.4) is 0 Å². The molecule has 2 rings (SSSR count). The van der Waals surface area contributed by atoms with E-state index in [4.69, 9.17) is 34.8 Å². The van der Waals surface area contributed by atoms with Crippen molar-refractivity contribution in [2.45, 2.75) is 6.92 Å². The first-order valence-corrected chi connectivity index (χ1v) is 6.89. The number of halogens is 3. The minimum Gasteiger partial charge on any atom is -0.306 e. The standard InChI is InChI=1S/C14H11Cl3N2O/c1-8-3-2-4-10(16)13(8)19-14(20)18-12-6-5-9(15)7-11(12)17/h2-7H,1H3,(H2,18,19,20). The first kappa shape index (κ1) is 15.0. The topological polar surface area (TPSA) is 41.1 Å². The average molecular weight is 330 g/mol. The zero-order valence-electron chi connectivity index (χ0n) is 10.5. The third kappa shape index (κ3) is 3.57. The number of urea groups is 1. The summed E-state index contributed by atoms with van der Waals surface area (Å²) in [5.74, 6) is 0. The summed E-state index contributed by atoms with van der Waals surface area (Å²) in [6.45, 7) is 1.86. The van der Waals surface area contributed by atoms with Crippen LogP contribution < -0.4 is 10.6 Å². The Morgan fingerprint density at radius 1 is 1.00 bits per heavy atom. The lowest BCUT2D eigenvalue weighted by molar-refractivity contribution is 0.262. The first-order valence-electron chi connectivity index (χ1n) is 5.75. The fraction of sp³-hybridized carbons (Fsp3) is 0.0714. The Hall–Kier alpha value is -1.42. The van der Waals surface area contributed by atoms with Gasteiger partial charge in [0.05, 0.1) is 21.4 Å². The molecule has 0 aliphatic rings. The molecule has 0 saturated carbocycles. The molecule has 0 aromatic heterocycles. The second-order valence-electron chi connectivity index (χ2n) is 4.14. The van der Waals surface area contributed by atoms with Gasteiger partial charge in [-0.15, -0.1) is 0 Å². The number of benzene rings is 2. The van der Waals surface area contributed by atoms with Gasteiger partial charge >= 0.3 is 6.03 Å². The average Bonchev–Trinajstić information content (AvgIpc) is 2.37. The number of carbonyl (C=O) groups excluding carboxylic acids is 1. The highest BCUT2D eigenvalue weighted by Gasteiger charge is 2.10. The molecule has 0 atom stereocenters. The quantitative estimate of drug-likeness (QED) is 0.740. The van der Waals surface area contributed by atoms with E-state index in [1.807, 2.05) is 19.1 Å². The van der Waals surface area contributed by atoms with Gasteiger partial charge in [0.15, 0.2) is 0 Å². The van der Waals surface area contributed by atoms with Gasteiger partial charge in [0.1, 0.15) is 0 Å². The molecule has 0 bridgehead atoms. The number of anilines is 2. The van der Waals surface area contributed by atoms with Crippen LogP contribution in [0.15, 0.2) is 36.4 Å². The van der Waals surface area contributed by atoms with E-state index in [1.165, 1.54) is 0 Å². The van der Waals surface area contributed by atoms with Gasteiger partial charge in [0.2, 0.25) is 0 Å². The van der Waals surface area contributed by atoms with Crippen molar-refractivity contribution in [3.05, 3.63) is 57.0 Å². The molecule has 2 aromatic rings. The van der Waals surface area contributed by atoms with E-state index in [-0.39, 0.29) is 0 Å². The molecule has 2 amide bonds. The van der Waals surface area contributed by atoms with Gasteiger partial charge in [-0.3, -0.25) is 0 Å². The molecule has 2 aromatic carbocycles. The van der Waals surface area contributed by atoms with E-state index in [2.05, 4.69) is 10.6 Å². The molecular weight excluding hydrogens is 319 g/mol. The molecular formula is C14H11Cl3N2O. The zero-order valence-corrected chi connectivity index (χ0v) is 12.8. The van der Waals surface area contributed by atoms with Gasteiger partial charge in [-0.05, 0) is 36.8 Å². The highest BCUT2D eigenvalue weighted by atomic mass is 35.5. The fourth-order valence-corrected chi connectivity index (χ4v) is 2.37. The molecule has 0 spiro atoms. The molecule has 6 heteroatoms. The highest BCUT2D eigenvalue weighted by molar-refractivity contribution is 6.37. The smallest absolute Gasteiger partial charge is 0.306 e. The van der Waals surface area contributed by atoms with E-state index in [0.29, 0.717) is 26.4 Å². The summed E-state index contributed by atoms with van der Waals surface area (Å²) < 4.78 is 0. The maximum absolute atomic E-state index is 12.0. The first-order chi connectivity index (χ1) is 9.47. The summed E-state index contributed by atoms with van der Waals surface area (Å²) in [5, 5.41) is 6.68. The van der Waals surface area contributed by atoms with E-state index in [1.54, 1.807) is 24.3 Å². The van der Waals surface area contributed by atoms with Crippen molar-refractivity contribution in [1.82, 2.24) is 0 Å². The number of para-hydroxylation sites is 1. The lowest BCUT2D eigenvalue weighted by Gasteiger charge is -2.12. The van der Waals surface area contributed by atoms with E-state index < -0.39 is 6.03 Å². The summed E-state index contributed by atoms with van der Waals surface area (Å²) >= 11 is 17.8. The Bertz CT molecular complexity index is 639. The summed E-state index contributed by atoms with van der Waals surface area (Å²) in [4.78, 5) is 12.0. The lowest BCUT2D eigenvalue weighted by atomic mass is 10.2. The monoisotopic (exact) mass is 328 g/mol. The van der Waals surface area contributed by atoms with Crippen molar-refractivity contribution in [1.29, 1.82) is 0 Å². The molecule has 2 N–H and O–H groups in total. The molecule has 0 aliphatic carbocycles. The second-order valence-corrected chi connectivity index (χ2v) is 5.39. The number of rotatable bonds is 2. The third-order valence-corrected chi connectivity index (χ3v) is 3.50. The molecule has 20 heavy (non-hydrogen) atoms. The van der Waals surface area contributed by atoms with Crippen LogP contribution in [-0.2, 0) is 0 Å². The van der Waals surface area contributed by atoms with E-state index in [9.17, 15) is 4.79 Å². The maximum atomic E-state index is 12.0. The Balaban J connectivity index is 2.13. The largest absolute Gasteiger partial charge is 0.323 e. The lowest BCUT2D eigenvalue weighted by Crippen LogP contribution is -2.20. The summed E-state index contributed by atoms with van der Waals surface area (Å²) in [6, 6.07) is 9.78. The van der Waals surface area contributed by atoms with E-state index in [0.717, 1.165) is 5.56 Å². The van der Waals surface area contributed by atoms with Crippen LogP contribution in [0.4, 0.5) is 16.2 Å². The summed E-state index contributed by atoms with van der Waals surface area (Å²) in [5.41, 5.74) is 1.91. The molecule has 0 heterocycles. The third-order valence-electron chi connectivity index (χ3n) is 2.64. The van der Waals surface area contributed by atoms with Gasteiger partial charge < -0.3 is 10.6 Å². The van der Waals surface area contributed by atoms with E-state index >= 15 is 0 Å². The van der Waals surface area contributed by atoms with Crippen LogP contribution in [0.2, 0.25) is 15.1 Å². The zero-order chi connectivity index (χ0) is 14.7. The summed E-state index contributed by atoms with van der Waals surface area (Å²) in [7, 11) is 0. The van der Waals surface area contributed by atoms with Crippen LogP contribution >= 0.6 is 34.8 Å². The highest BCUT2D eigenvalue weighted by Crippen LogP contribution is 2.27. The Morgan fingerprint density at radius 3 is 2.40 bits per heavy atom. The molecule has 0 saturated heterocycles. The van der Waals surface area contributed by atoms with Crippen LogP contribution in [0.1, 0.15) is 5.56 Å². The molecule has 0 unspecified atom stereocenters. The van der Waals surface area contributed by atoms with Gasteiger partial charge in [-0.25, -0.2) is 4.79 Å². The number of nitrogens with one attached hydrogen (secondary N) is 2. The Morgan fingerprint density at radius 2 is 1.75 bits per heavy atom. The number of hydrogen-bond acceptors (Lipinski definition) is 1. The molecule has 0 fully saturated rings. The predicted octanol–water partition coefficient (Wildman–Crippen LogP) is 5.60. The minimum atomic E-state index is -0.426. The molecule has 3 nitrogen and oxygen atoms in total. The van der Waals surface area contributed by atoms with Gasteiger partial charge in [-0.1, -0.05) is 46.9 Å². The van der Waals surface area contributed by atoms with Crippen LogP contribution in [0.25, 0.3) is 0 Å². The number of amides is 2. The van der Waals surface area contributed by atoms with Crippen molar-refractivity contribution in [3.8, 4) is 0 Å². The number of hydrogen-bond donors (Lipinski definition) is 2. The Labute approximate surface area is 131 Å². The number of aryl methyl sites for hydroxylation is 1. The minimum absolute atomic E-state index is 0.364. The van der Waals surface area contributed by atoms with Crippen molar-refractivity contribution >= 4 is 52.2 Å². The molecule has 0 aliphatic heterocycles. The summed E-state index contributed by atoms with van der Waals surface area (Å²) in [6.07, 6.45) is 0. The van der Waals surface area contributed by atoms with Gasteiger partial charge in [0, 0.05) is 5.02 Å². The van der Waals surface area contributed by atoms with Crippen molar-refractivity contribution in [3.63, 3.8) is 0 Å². The van der Waals surface area contributed by atoms with Crippen LogP contribution in [0.5, 0.6) is 0 Å². The number of carbonyl (C=O) groups is 1. The normalized spacial score (nSPS) is 10.2. The van der Waals surface area contributed by atoms with Gasteiger partial charge in [-0.2, -0.15) is 0 Å².